The quantitative estimate of drug-likeness (QED) is 0.170. The Hall–Kier alpha value is -3.56. The molecule has 34 heavy (non-hydrogen) atoms. The molecule has 0 atom stereocenters. The van der Waals surface area contributed by atoms with Crippen molar-refractivity contribution < 1.29 is 14.3 Å². The van der Waals surface area contributed by atoms with E-state index in [1.165, 1.54) is 0 Å². The standard InChI is InChI=1S/C27H28ClN3O3/c1-6-31-24(23(28)18(2)30-31)25(33-17-34-26(32)20-10-8-7-9-11-20)22(16-29)19-12-14-21(15-13-19)27(3,4)5/h7-15H,6,17H2,1-5H3/b25-22-. The minimum absolute atomic E-state index is 0.0265. The molecule has 6 nitrogen and oxygen atoms in total. The van der Waals surface area contributed by atoms with Crippen molar-refractivity contribution in [3.05, 3.63) is 87.7 Å². The van der Waals surface area contributed by atoms with Gasteiger partial charge in [0.05, 0.1) is 16.3 Å². The van der Waals surface area contributed by atoms with Gasteiger partial charge in [0.2, 0.25) is 6.79 Å². The third kappa shape index (κ3) is 5.49. The van der Waals surface area contributed by atoms with Crippen molar-refractivity contribution in [1.29, 1.82) is 5.26 Å². The topological polar surface area (TPSA) is 77.1 Å². The number of carbonyl (C=O) groups excluding carboxylic acids is 1. The Labute approximate surface area is 205 Å². The molecule has 0 aliphatic heterocycles. The number of benzene rings is 2. The highest BCUT2D eigenvalue weighted by Gasteiger charge is 2.24. The molecule has 7 heteroatoms. The summed E-state index contributed by atoms with van der Waals surface area (Å²) in [6.07, 6.45) is 0. The van der Waals surface area contributed by atoms with Crippen molar-refractivity contribution in [2.75, 3.05) is 6.79 Å². The molecule has 1 heterocycles. The van der Waals surface area contributed by atoms with Gasteiger partial charge in [0.15, 0.2) is 5.76 Å². The smallest absolute Gasteiger partial charge is 0.340 e. The first kappa shape index (κ1) is 25.1. The predicted molar refractivity (Wildman–Crippen MR) is 133 cm³/mol. The number of hydrogen-bond acceptors (Lipinski definition) is 5. The fourth-order valence-electron chi connectivity index (χ4n) is 3.45. The summed E-state index contributed by atoms with van der Waals surface area (Å²) in [5, 5.41) is 15.0. The molecule has 0 aliphatic rings. The predicted octanol–water partition coefficient (Wildman–Crippen LogP) is 6.39. The number of allylic oxidation sites excluding steroid dienone is 1. The maximum absolute atomic E-state index is 12.4. The Morgan fingerprint density at radius 3 is 2.26 bits per heavy atom. The average molecular weight is 478 g/mol. The molecule has 3 rings (SSSR count). The number of aryl methyl sites for hydroxylation is 2. The van der Waals surface area contributed by atoms with Crippen LogP contribution in [-0.4, -0.2) is 22.5 Å². The SMILES string of the molecule is CCn1nc(C)c(Cl)c1/C(OCOC(=O)c1ccccc1)=C(\C#N)c1ccc(C(C)(C)C)cc1. The first-order valence-electron chi connectivity index (χ1n) is 11.0. The van der Waals surface area contributed by atoms with E-state index in [1.54, 1.807) is 35.9 Å². The zero-order valence-corrected chi connectivity index (χ0v) is 20.8. The fourth-order valence-corrected chi connectivity index (χ4v) is 3.67. The summed E-state index contributed by atoms with van der Waals surface area (Å²) in [6, 6.07) is 18.6. The molecular formula is C27H28ClN3O3. The highest BCUT2D eigenvalue weighted by molar-refractivity contribution is 6.33. The number of halogens is 1. The summed E-state index contributed by atoms with van der Waals surface area (Å²) in [6.45, 7) is 10.2. The second kappa shape index (κ2) is 10.6. The lowest BCUT2D eigenvalue weighted by molar-refractivity contribution is 0.00659. The van der Waals surface area contributed by atoms with E-state index in [4.69, 9.17) is 21.1 Å². The summed E-state index contributed by atoms with van der Waals surface area (Å²) >= 11 is 6.58. The molecule has 0 fully saturated rings. The van der Waals surface area contributed by atoms with Crippen molar-refractivity contribution in [2.45, 2.75) is 46.6 Å². The molecule has 176 valence electrons. The van der Waals surface area contributed by atoms with Gasteiger partial charge in [-0.2, -0.15) is 10.4 Å². The number of hydrogen-bond donors (Lipinski definition) is 0. The van der Waals surface area contributed by atoms with Gasteiger partial charge in [0, 0.05) is 6.54 Å². The maximum Gasteiger partial charge on any atom is 0.340 e. The van der Waals surface area contributed by atoms with E-state index in [-0.39, 0.29) is 16.7 Å². The molecule has 0 spiro atoms. The second-order valence-electron chi connectivity index (χ2n) is 8.77. The fraction of sp³-hybridized carbons (Fsp3) is 0.296. The van der Waals surface area contributed by atoms with E-state index in [1.807, 2.05) is 37.3 Å². The summed E-state index contributed by atoms with van der Waals surface area (Å²) < 4.78 is 12.9. The Bertz CT molecular complexity index is 1230. The number of nitriles is 1. The molecule has 0 unspecified atom stereocenters. The molecule has 0 radical (unpaired) electrons. The molecule has 0 saturated carbocycles. The lowest BCUT2D eigenvalue weighted by atomic mass is 9.86. The lowest BCUT2D eigenvalue weighted by Crippen LogP contribution is -2.12. The molecule has 0 aliphatic carbocycles. The first-order valence-corrected chi connectivity index (χ1v) is 11.4. The van der Waals surface area contributed by atoms with Gasteiger partial charge in [0.1, 0.15) is 17.3 Å². The summed E-state index contributed by atoms with van der Waals surface area (Å²) in [5.74, 6) is -0.321. The highest BCUT2D eigenvalue weighted by Crippen LogP contribution is 2.34. The number of nitrogens with zero attached hydrogens (tertiary/aromatic N) is 3. The van der Waals surface area contributed by atoms with Gasteiger partial charge in [0.25, 0.3) is 0 Å². The van der Waals surface area contributed by atoms with Crippen LogP contribution in [0.4, 0.5) is 0 Å². The number of aromatic nitrogens is 2. The van der Waals surface area contributed by atoms with Gasteiger partial charge in [-0.25, -0.2) is 4.79 Å². The van der Waals surface area contributed by atoms with Crippen LogP contribution in [0, 0.1) is 18.3 Å². The average Bonchev–Trinajstić information content (AvgIpc) is 3.12. The summed E-state index contributed by atoms with van der Waals surface area (Å²) in [4.78, 5) is 12.4. The van der Waals surface area contributed by atoms with Gasteiger partial charge >= 0.3 is 5.97 Å². The van der Waals surface area contributed by atoms with Crippen molar-refractivity contribution in [2.24, 2.45) is 0 Å². The van der Waals surface area contributed by atoms with E-state index < -0.39 is 12.8 Å². The third-order valence-electron chi connectivity index (χ3n) is 5.35. The second-order valence-corrected chi connectivity index (χ2v) is 9.15. The highest BCUT2D eigenvalue weighted by atomic mass is 35.5. The lowest BCUT2D eigenvalue weighted by Gasteiger charge is -2.19. The Morgan fingerprint density at radius 1 is 1.06 bits per heavy atom. The Morgan fingerprint density at radius 2 is 1.71 bits per heavy atom. The van der Waals surface area contributed by atoms with Crippen LogP contribution in [0.1, 0.15) is 60.6 Å². The monoisotopic (exact) mass is 477 g/mol. The number of ether oxygens (including phenoxy) is 2. The van der Waals surface area contributed by atoms with Gasteiger partial charge < -0.3 is 9.47 Å². The van der Waals surface area contributed by atoms with Crippen LogP contribution < -0.4 is 0 Å². The molecule has 2 aromatic carbocycles. The van der Waals surface area contributed by atoms with E-state index in [9.17, 15) is 10.1 Å². The Kier molecular flexibility index (Phi) is 7.80. The van der Waals surface area contributed by atoms with Gasteiger partial charge in [-0.05, 0) is 42.5 Å². The van der Waals surface area contributed by atoms with Gasteiger partial charge in [-0.3, -0.25) is 4.68 Å². The van der Waals surface area contributed by atoms with Crippen molar-refractivity contribution in [1.82, 2.24) is 9.78 Å². The van der Waals surface area contributed by atoms with Gasteiger partial charge in [-0.15, -0.1) is 0 Å². The van der Waals surface area contributed by atoms with Crippen molar-refractivity contribution in [3.8, 4) is 6.07 Å². The van der Waals surface area contributed by atoms with E-state index in [2.05, 4.69) is 31.9 Å². The van der Waals surface area contributed by atoms with Crippen molar-refractivity contribution in [3.63, 3.8) is 0 Å². The van der Waals surface area contributed by atoms with Crippen LogP contribution in [0.25, 0.3) is 11.3 Å². The van der Waals surface area contributed by atoms with Crippen LogP contribution >= 0.6 is 11.6 Å². The van der Waals surface area contributed by atoms with Crippen LogP contribution in [0.2, 0.25) is 5.02 Å². The van der Waals surface area contributed by atoms with E-state index in [0.717, 1.165) is 5.56 Å². The largest absolute Gasteiger partial charge is 0.454 e. The first-order chi connectivity index (χ1) is 16.2. The number of rotatable bonds is 7. The minimum atomic E-state index is -0.528. The molecule has 0 N–H and O–H groups in total. The molecule has 0 bridgehead atoms. The number of esters is 1. The zero-order chi connectivity index (χ0) is 24.9. The molecule has 1 aromatic heterocycles. The number of carbonyl (C=O) groups is 1. The van der Waals surface area contributed by atoms with Crippen LogP contribution in [0.5, 0.6) is 0 Å². The molecule has 3 aromatic rings. The molecule has 0 amide bonds. The normalized spacial score (nSPS) is 12.0. The Balaban J connectivity index is 2.02. The molecular weight excluding hydrogens is 450 g/mol. The summed E-state index contributed by atoms with van der Waals surface area (Å²) in [7, 11) is 0. The minimum Gasteiger partial charge on any atom is -0.454 e. The van der Waals surface area contributed by atoms with Crippen LogP contribution in [0.3, 0.4) is 0 Å². The van der Waals surface area contributed by atoms with Crippen LogP contribution in [0.15, 0.2) is 54.6 Å². The van der Waals surface area contributed by atoms with Crippen LogP contribution in [-0.2, 0) is 21.4 Å². The molecule has 0 saturated heterocycles. The van der Waals surface area contributed by atoms with E-state index in [0.29, 0.717) is 34.1 Å². The summed E-state index contributed by atoms with van der Waals surface area (Å²) in [5.41, 5.74) is 3.53. The zero-order valence-electron chi connectivity index (χ0n) is 20.1. The van der Waals surface area contributed by atoms with E-state index >= 15 is 0 Å². The third-order valence-corrected chi connectivity index (χ3v) is 5.80. The maximum atomic E-state index is 12.4. The van der Waals surface area contributed by atoms with Crippen molar-refractivity contribution >= 4 is 28.9 Å². The van der Waals surface area contributed by atoms with Gasteiger partial charge in [-0.1, -0.05) is 74.8 Å².